The van der Waals surface area contributed by atoms with Crippen LogP contribution in [0.1, 0.15) is 28.2 Å². The summed E-state index contributed by atoms with van der Waals surface area (Å²) in [7, 11) is 0. The third kappa shape index (κ3) is 3.73. The van der Waals surface area contributed by atoms with Gasteiger partial charge in [-0.15, -0.1) is 0 Å². The Hall–Kier alpha value is -1.76. The van der Waals surface area contributed by atoms with Crippen LogP contribution in [-0.4, -0.2) is 65.3 Å². The molecule has 0 spiro atoms. The van der Waals surface area contributed by atoms with Crippen LogP contribution in [0, 0.1) is 13.8 Å². The molecule has 0 aliphatic carbocycles. The van der Waals surface area contributed by atoms with E-state index in [4.69, 9.17) is 4.74 Å². The van der Waals surface area contributed by atoms with Crippen molar-refractivity contribution in [3.05, 3.63) is 53.3 Å². The van der Waals surface area contributed by atoms with Gasteiger partial charge in [0.05, 0.1) is 18.8 Å². The van der Waals surface area contributed by atoms with E-state index in [0.717, 1.165) is 66.9 Å². The molecule has 1 amide bonds. The number of aromatic nitrogens is 1. The molecule has 1 aromatic heterocycles. The second kappa shape index (κ2) is 8.31. The smallest absolute Gasteiger partial charge is 0.253 e. The normalized spacial score (nSPS) is 23.1. The number of ether oxygens (including phenoxy) is 1. The fourth-order valence-electron chi connectivity index (χ4n) is 4.44. The lowest BCUT2D eigenvalue weighted by atomic mass is 9.95. The van der Waals surface area contributed by atoms with Crippen molar-refractivity contribution in [2.24, 2.45) is 0 Å². The molecular weight excluding hydrogens is 370 g/mol. The highest BCUT2D eigenvalue weighted by molar-refractivity contribution is 7.99. The van der Waals surface area contributed by atoms with E-state index < -0.39 is 0 Å². The lowest BCUT2D eigenvalue weighted by Crippen LogP contribution is -2.59. The van der Waals surface area contributed by atoms with Gasteiger partial charge in [-0.3, -0.25) is 9.69 Å². The number of carbonyl (C=O) groups excluding carboxylic acids is 1. The number of aryl methyl sites for hydroxylation is 1. The number of benzene rings is 1. The Bertz CT molecular complexity index is 822. The van der Waals surface area contributed by atoms with Gasteiger partial charge in [0.1, 0.15) is 0 Å². The van der Waals surface area contributed by atoms with Gasteiger partial charge in [-0.25, -0.2) is 0 Å². The molecule has 2 aliphatic rings. The number of para-hydroxylation sites is 1. The fourth-order valence-corrected chi connectivity index (χ4v) is 5.92. The Morgan fingerprint density at radius 3 is 2.64 bits per heavy atom. The first-order valence-corrected chi connectivity index (χ1v) is 11.2. The third-order valence-corrected chi connectivity index (χ3v) is 7.27. The van der Waals surface area contributed by atoms with Crippen LogP contribution in [-0.2, 0) is 4.74 Å². The Balaban J connectivity index is 1.51. The molecule has 2 saturated heterocycles. The second-order valence-electron chi connectivity index (χ2n) is 7.76. The van der Waals surface area contributed by atoms with Crippen LogP contribution < -0.4 is 5.32 Å². The van der Waals surface area contributed by atoms with Crippen molar-refractivity contribution in [3.8, 4) is 5.69 Å². The van der Waals surface area contributed by atoms with Crippen LogP contribution in [0.5, 0.6) is 0 Å². The van der Waals surface area contributed by atoms with E-state index >= 15 is 0 Å². The van der Waals surface area contributed by atoms with E-state index in [2.05, 4.69) is 33.8 Å². The van der Waals surface area contributed by atoms with Gasteiger partial charge >= 0.3 is 0 Å². The van der Waals surface area contributed by atoms with Crippen LogP contribution in [0.25, 0.3) is 5.69 Å². The van der Waals surface area contributed by atoms with Crippen molar-refractivity contribution in [3.63, 3.8) is 0 Å². The monoisotopic (exact) mass is 399 g/mol. The van der Waals surface area contributed by atoms with Crippen molar-refractivity contribution >= 4 is 17.7 Å². The molecule has 5 nitrogen and oxygen atoms in total. The van der Waals surface area contributed by atoms with Gasteiger partial charge in [0.25, 0.3) is 5.91 Å². The molecule has 0 radical (unpaired) electrons. The molecule has 150 valence electrons. The molecule has 2 aliphatic heterocycles. The first-order chi connectivity index (χ1) is 13.6. The van der Waals surface area contributed by atoms with E-state index in [0.29, 0.717) is 6.54 Å². The summed E-state index contributed by atoms with van der Waals surface area (Å²) in [5.41, 5.74) is 3.99. The van der Waals surface area contributed by atoms with Crippen LogP contribution in [0.15, 0.2) is 36.4 Å². The zero-order chi connectivity index (χ0) is 19.6. The third-order valence-electron chi connectivity index (χ3n) is 6.03. The molecule has 4 rings (SSSR count). The topological polar surface area (TPSA) is 46.5 Å². The Labute approximate surface area is 171 Å². The van der Waals surface area contributed by atoms with Gasteiger partial charge in [0, 0.05) is 48.0 Å². The number of morpholine rings is 1. The highest BCUT2D eigenvalue weighted by atomic mass is 32.2. The van der Waals surface area contributed by atoms with E-state index in [1.165, 1.54) is 0 Å². The molecule has 1 N–H and O–H groups in total. The Morgan fingerprint density at radius 2 is 1.96 bits per heavy atom. The minimum Gasteiger partial charge on any atom is -0.379 e. The van der Waals surface area contributed by atoms with Gasteiger partial charge in [-0.1, -0.05) is 18.2 Å². The average molecular weight is 400 g/mol. The molecule has 3 heterocycles. The molecular formula is C22H29N3O2S. The number of nitrogens with zero attached hydrogens (tertiary/aromatic N) is 2. The summed E-state index contributed by atoms with van der Waals surface area (Å²) in [4.78, 5) is 15.6. The molecule has 0 saturated carbocycles. The Morgan fingerprint density at radius 1 is 1.21 bits per heavy atom. The Kier molecular flexibility index (Phi) is 5.80. The fraction of sp³-hybridized carbons (Fsp3) is 0.500. The summed E-state index contributed by atoms with van der Waals surface area (Å²) in [5, 5.41) is 3.26. The first-order valence-electron chi connectivity index (χ1n) is 10.0. The minimum atomic E-state index is 0.0276. The minimum absolute atomic E-state index is 0.0276. The summed E-state index contributed by atoms with van der Waals surface area (Å²) in [6.07, 6.45) is 1.13. The van der Waals surface area contributed by atoms with Crippen LogP contribution in [0.4, 0.5) is 0 Å². The molecule has 0 bridgehead atoms. The zero-order valence-corrected chi connectivity index (χ0v) is 17.6. The maximum absolute atomic E-state index is 13.1. The second-order valence-corrected chi connectivity index (χ2v) is 8.87. The van der Waals surface area contributed by atoms with Crippen molar-refractivity contribution in [1.82, 2.24) is 14.8 Å². The molecule has 1 aromatic carbocycles. The average Bonchev–Trinajstić information content (AvgIpc) is 3.33. The number of hydrogen-bond acceptors (Lipinski definition) is 4. The van der Waals surface area contributed by atoms with E-state index in [9.17, 15) is 4.79 Å². The largest absolute Gasteiger partial charge is 0.379 e. The van der Waals surface area contributed by atoms with Gasteiger partial charge in [0.2, 0.25) is 0 Å². The summed E-state index contributed by atoms with van der Waals surface area (Å²) < 4.78 is 7.69. The molecule has 2 aromatic rings. The van der Waals surface area contributed by atoms with Crippen molar-refractivity contribution in [2.75, 3.05) is 44.4 Å². The highest BCUT2D eigenvalue weighted by Gasteiger charge is 2.41. The van der Waals surface area contributed by atoms with Crippen LogP contribution in [0.2, 0.25) is 0 Å². The molecule has 1 atom stereocenters. The number of carbonyl (C=O) groups is 1. The number of nitrogens with one attached hydrogen (secondary N) is 1. The SMILES string of the molecule is Cc1cc(C(=O)NCC2(N3CCOCC3)CCSC2)c(C)n1-c1ccccc1. The van der Waals surface area contributed by atoms with Gasteiger partial charge in [0.15, 0.2) is 0 Å². The summed E-state index contributed by atoms with van der Waals surface area (Å²) in [5.74, 6) is 2.27. The number of rotatable bonds is 5. The van der Waals surface area contributed by atoms with Crippen molar-refractivity contribution in [1.29, 1.82) is 0 Å². The van der Waals surface area contributed by atoms with Gasteiger partial charge in [-0.2, -0.15) is 11.8 Å². The zero-order valence-electron chi connectivity index (χ0n) is 16.7. The van der Waals surface area contributed by atoms with E-state index in [1.807, 2.05) is 43.0 Å². The van der Waals surface area contributed by atoms with Gasteiger partial charge < -0.3 is 14.6 Å². The van der Waals surface area contributed by atoms with Crippen LogP contribution in [0.3, 0.4) is 0 Å². The summed E-state index contributed by atoms with van der Waals surface area (Å²) in [6, 6.07) is 12.2. The van der Waals surface area contributed by atoms with E-state index in [1.54, 1.807) is 0 Å². The van der Waals surface area contributed by atoms with Crippen LogP contribution >= 0.6 is 11.8 Å². The summed E-state index contributed by atoms with van der Waals surface area (Å²) >= 11 is 1.99. The summed E-state index contributed by atoms with van der Waals surface area (Å²) in [6.45, 7) is 8.28. The van der Waals surface area contributed by atoms with E-state index in [-0.39, 0.29) is 11.4 Å². The maximum atomic E-state index is 13.1. The standard InChI is InChI=1S/C22H29N3O2S/c1-17-14-20(18(2)25(17)19-6-4-3-5-7-19)21(26)23-15-22(8-13-28-16-22)24-9-11-27-12-10-24/h3-7,14H,8-13,15-16H2,1-2H3,(H,23,26). The molecule has 6 heteroatoms. The lowest BCUT2D eigenvalue weighted by Gasteiger charge is -2.43. The predicted molar refractivity (Wildman–Crippen MR) is 115 cm³/mol. The first kappa shape index (κ1) is 19.6. The van der Waals surface area contributed by atoms with Gasteiger partial charge in [-0.05, 0) is 44.2 Å². The predicted octanol–water partition coefficient (Wildman–Crippen LogP) is 3.03. The molecule has 2 fully saturated rings. The van der Waals surface area contributed by atoms with Crippen molar-refractivity contribution in [2.45, 2.75) is 25.8 Å². The highest BCUT2D eigenvalue weighted by Crippen LogP contribution is 2.33. The lowest BCUT2D eigenvalue weighted by molar-refractivity contribution is -0.0129. The number of hydrogen-bond donors (Lipinski definition) is 1. The van der Waals surface area contributed by atoms with Crippen molar-refractivity contribution < 1.29 is 9.53 Å². The number of thioether (sulfide) groups is 1. The quantitative estimate of drug-likeness (QED) is 0.840. The maximum Gasteiger partial charge on any atom is 0.253 e. The molecule has 1 unspecified atom stereocenters. The number of amides is 1. The molecule has 28 heavy (non-hydrogen) atoms.